The van der Waals surface area contributed by atoms with Crippen LogP contribution >= 0.6 is 15.9 Å². The molecule has 1 saturated heterocycles. The number of ether oxygens (including phenoxy) is 1. The van der Waals surface area contributed by atoms with Gasteiger partial charge < -0.3 is 15.8 Å². The predicted octanol–water partition coefficient (Wildman–Crippen LogP) is 3.42. The van der Waals surface area contributed by atoms with Gasteiger partial charge in [-0.1, -0.05) is 0 Å². The molecule has 5 heteroatoms. The van der Waals surface area contributed by atoms with E-state index in [0.717, 1.165) is 46.3 Å². The fourth-order valence-electron chi connectivity index (χ4n) is 2.64. The molecule has 1 aliphatic heterocycles. The highest BCUT2D eigenvalue weighted by Crippen LogP contribution is 2.29. The average Bonchev–Trinajstić information content (AvgIpc) is 2.84. The third kappa shape index (κ3) is 2.60. The Hall–Kier alpha value is -1.33. The monoisotopic (exact) mass is 335 g/mol. The summed E-state index contributed by atoms with van der Waals surface area (Å²) in [6, 6.07) is 5.93. The van der Waals surface area contributed by atoms with E-state index in [1.54, 1.807) is 6.20 Å². The lowest BCUT2D eigenvalue weighted by Gasteiger charge is -2.17. The SMILES string of the molecule is CC1OCCC1CNc1ccc(N)c2cc(Br)cnc12. The van der Waals surface area contributed by atoms with Gasteiger partial charge in [0.25, 0.3) is 0 Å². The largest absolute Gasteiger partial charge is 0.398 e. The first kappa shape index (κ1) is 13.6. The molecular weight excluding hydrogens is 318 g/mol. The maximum atomic E-state index is 6.03. The van der Waals surface area contributed by atoms with E-state index in [2.05, 4.69) is 33.2 Å². The second kappa shape index (κ2) is 5.58. The fraction of sp³-hybridized carbons (Fsp3) is 0.400. The highest BCUT2D eigenvalue weighted by Gasteiger charge is 2.23. The van der Waals surface area contributed by atoms with Gasteiger partial charge in [0.2, 0.25) is 0 Å². The van der Waals surface area contributed by atoms with E-state index >= 15 is 0 Å². The number of benzene rings is 1. The number of nitrogens with one attached hydrogen (secondary N) is 1. The maximum Gasteiger partial charge on any atom is 0.0954 e. The number of fused-ring (bicyclic) bond motifs is 1. The lowest BCUT2D eigenvalue weighted by atomic mass is 10.0. The molecule has 0 bridgehead atoms. The molecule has 0 aliphatic carbocycles. The first-order valence-electron chi connectivity index (χ1n) is 6.84. The van der Waals surface area contributed by atoms with Gasteiger partial charge in [0.1, 0.15) is 0 Å². The van der Waals surface area contributed by atoms with Crippen molar-refractivity contribution in [2.45, 2.75) is 19.4 Å². The van der Waals surface area contributed by atoms with Gasteiger partial charge in [-0.25, -0.2) is 0 Å². The second-order valence-corrected chi connectivity index (χ2v) is 6.17. The van der Waals surface area contributed by atoms with Crippen molar-refractivity contribution >= 4 is 38.2 Å². The minimum atomic E-state index is 0.324. The Labute approximate surface area is 126 Å². The van der Waals surface area contributed by atoms with Gasteiger partial charge in [-0.3, -0.25) is 4.98 Å². The molecule has 1 aliphatic rings. The van der Waals surface area contributed by atoms with Crippen molar-refractivity contribution in [1.29, 1.82) is 0 Å². The smallest absolute Gasteiger partial charge is 0.0954 e. The topological polar surface area (TPSA) is 60.2 Å². The Morgan fingerprint density at radius 2 is 2.35 bits per heavy atom. The van der Waals surface area contributed by atoms with Crippen LogP contribution in [-0.4, -0.2) is 24.2 Å². The standard InChI is InChI=1S/C15H18BrN3O/c1-9-10(4-5-20-9)7-18-14-3-2-13(17)12-6-11(16)8-19-15(12)14/h2-3,6,8-10,18H,4-5,7,17H2,1H3. The molecule has 0 saturated carbocycles. The van der Waals surface area contributed by atoms with Crippen LogP contribution in [0.4, 0.5) is 11.4 Å². The molecule has 1 aromatic carbocycles. The zero-order chi connectivity index (χ0) is 14.1. The molecule has 2 atom stereocenters. The third-order valence-electron chi connectivity index (χ3n) is 3.94. The van der Waals surface area contributed by atoms with Gasteiger partial charge in [0, 0.05) is 40.8 Å². The molecule has 20 heavy (non-hydrogen) atoms. The van der Waals surface area contributed by atoms with Crippen LogP contribution < -0.4 is 11.1 Å². The Bertz CT molecular complexity index is 632. The first-order chi connectivity index (χ1) is 9.65. The molecule has 2 heterocycles. The van der Waals surface area contributed by atoms with E-state index < -0.39 is 0 Å². The molecular formula is C15H18BrN3O. The Kier molecular flexibility index (Phi) is 3.81. The van der Waals surface area contributed by atoms with Crippen molar-refractivity contribution in [3.05, 3.63) is 28.9 Å². The molecule has 2 unspecified atom stereocenters. The summed E-state index contributed by atoms with van der Waals surface area (Å²) in [4.78, 5) is 4.49. The molecule has 0 spiro atoms. The van der Waals surface area contributed by atoms with Crippen molar-refractivity contribution in [3.8, 4) is 0 Å². The van der Waals surface area contributed by atoms with E-state index in [-0.39, 0.29) is 0 Å². The van der Waals surface area contributed by atoms with Gasteiger partial charge in [-0.15, -0.1) is 0 Å². The average molecular weight is 336 g/mol. The molecule has 2 aromatic rings. The number of nitrogen functional groups attached to an aromatic ring is 1. The van der Waals surface area contributed by atoms with Crippen LogP contribution in [0.3, 0.4) is 0 Å². The third-order valence-corrected chi connectivity index (χ3v) is 4.37. The summed E-state index contributed by atoms with van der Waals surface area (Å²) in [5.74, 6) is 0.554. The normalized spacial score (nSPS) is 22.3. The number of aromatic nitrogens is 1. The molecule has 106 valence electrons. The van der Waals surface area contributed by atoms with Crippen LogP contribution in [0.5, 0.6) is 0 Å². The van der Waals surface area contributed by atoms with Crippen molar-refractivity contribution in [2.24, 2.45) is 5.92 Å². The Balaban J connectivity index is 1.86. The summed E-state index contributed by atoms with van der Waals surface area (Å²) in [6.45, 7) is 3.90. The summed E-state index contributed by atoms with van der Waals surface area (Å²) in [6.07, 6.45) is 3.23. The quantitative estimate of drug-likeness (QED) is 0.844. The highest BCUT2D eigenvalue weighted by atomic mass is 79.9. The highest BCUT2D eigenvalue weighted by molar-refractivity contribution is 9.10. The molecule has 0 radical (unpaired) electrons. The molecule has 3 N–H and O–H groups in total. The molecule has 1 fully saturated rings. The number of hydrogen-bond donors (Lipinski definition) is 2. The number of rotatable bonds is 3. The number of halogens is 1. The van der Waals surface area contributed by atoms with Gasteiger partial charge >= 0.3 is 0 Å². The number of pyridine rings is 1. The number of hydrogen-bond acceptors (Lipinski definition) is 4. The van der Waals surface area contributed by atoms with E-state index in [1.165, 1.54) is 0 Å². The molecule has 4 nitrogen and oxygen atoms in total. The van der Waals surface area contributed by atoms with E-state index in [1.807, 2.05) is 18.2 Å². The van der Waals surface area contributed by atoms with Gasteiger partial charge in [0.05, 0.1) is 17.3 Å². The lowest BCUT2D eigenvalue weighted by Crippen LogP contribution is -2.20. The Morgan fingerprint density at radius 1 is 1.50 bits per heavy atom. The first-order valence-corrected chi connectivity index (χ1v) is 7.63. The Morgan fingerprint density at radius 3 is 3.10 bits per heavy atom. The summed E-state index contributed by atoms with van der Waals surface area (Å²) < 4.78 is 6.53. The zero-order valence-corrected chi connectivity index (χ0v) is 13.0. The molecule has 0 amide bonds. The van der Waals surface area contributed by atoms with E-state index in [9.17, 15) is 0 Å². The summed E-state index contributed by atoms with van der Waals surface area (Å²) >= 11 is 3.44. The predicted molar refractivity (Wildman–Crippen MR) is 85.9 cm³/mol. The zero-order valence-electron chi connectivity index (χ0n) is 11.4. The van der Waals surface area contributed by atoms with E-state index in [0.29, 0.717) is 12.0 Å². The summed E-state index contributed by atoms with van der Waals surface area (Å²) in [7, 11) is 0. The summed E-state index contributed by atoms with van der Waals surface area (Å²) in [5, 5.41) is 4.47. The number of anilines is 2. The van der Waals surface area contributed by atoms with Crippen LogP contribution in [0.2, 0.25) is 0 Å². The number of nitrogens with zero attached hydrogens (tertiary/aromatic N) is 1. The van der Waals surface area contributed by atoms with Crippen LogP contribution in [-0.2, 0) is 4.74 Å². The van der Waals surface area contributed by atoms with Gasteiger partial charge in [-0.05, 0) is 47.5 Å². The van der Waals surface area contributed by atoms with Crippen LogP contribution in [0.1, 0.15) is 13.3 Å². The van der Waals surface area contributed by atoms with Crippen molar-refractivity contribution in [2.75, 3.05) is 24.2 Å². The van der Waals surface area contributed by atoms with Crippen molar-refractivity contribution in [1.82, 2.24) is 4.98 Å². The van der Waals surface area contributed by atoms with Crippen molar-refractivity contribution < 1.29 is 4.74 Å². The molecule has 3 rings (SSSR count). The fourth-order valence-corrected chi connectivity index (χ4v) is 2.97. The van der Waals surface area contributed by atoms with Crippen LogP contribution in [0.15, 0.2) is 28.9 Å². The minimum absolute atomic E-state index is 0.324. The molecule has 1 aromatic heterocycles. The number of nitrogens with two attached hydrogens (primary N) is 1. The minimum Gasteiger partial charge on any atom is -0.398 e. The van der Waals surface area contributed by atoms with Crippen LogP contribution in [0, 0.1) is 5.92 Å². The van der Waals surface area contributed by atoms with E-state index in [4.69, 9.17) is 10.5 Å². The van der Waals surface area contributed by atoms with Crippen LogP contribution in [0.25, 0.3) is 10.9 Å². The van der Waals surface area contributed by atoms with Gasteiger partial charge in [-0.2, -0.15) is 0 Å². The second-order valence-electron chi connectivity index (χ2n) is 5.26. The lowest BCUT2D eigenvalue weighted by molar-refractivity contribution is 0.108. The maximum absolute atomic E-state index is 6.03. The summed E-state index contributed by atoms with van der Waals surface area (Å²) in [5.41, 5.74) is 8.72. The van der Waals surface area contributed by atoms with Crippen molar-refractivity contribution in [3.63, 3.8) is 0 Å². The van der Waals surface area contributed by atoms with Gasteiger partial charge in [0.15, 0.2) is 0 Å².